The van der Waals surface area contributed by atoms with E-state index in [0.29, 0.717) is 17.2 Å². The molecule has 0 fully saturated rings. The summed E-state index contributed by atoms with van der Waals surface area (Å²) >= 11 is 5.85. The second kappa shape index (κ2) is 4.74. The van der Waals surface area contributed by atoms with Gasteiger partial charge in [-0.25, -0.2) is 0 Å². The quantitative estimate of drug-likeness (QED) is 0.894. The van der Waals surface area contributed by atoms with E-state index in [4.69, 9.17) is 26.2 Å². The molecule has 0 spiro atoms. The molecule has 0 radical (unpaired) electrons. The summed E-state index contributed by atoms with van der Waals surface area (Å²) in [5.74, 6) is 0.713. The Balaban J connectivity index is 2.05. The standard InChI is InChI=1S/C10H9ClF3NO3/c11-6-1-5(2-7-9(6)18-4-17-7)15-3-8(16)10(12,13)14/h1-2,8,15-16H,3-4H2/t8-/m0/s1. The molecule has 0 aliphatic carbocycles. The highest BCUT2D eigenvalue weighted by Crippen LogP contribution is 2.41. The fourth-order valence-electron chi connectivity index (χ4n) is 1.40. The van der Waals surface area contributed by atoms with Crippen molar-refractivity contribution >= 4 is 17.3 Å². The Morgan fingerprint density at radius 3 is 2.78 bits per heavy atom. The van der Waals surface area contributed by atoms with E-state index in [9.17, 15) is 13.2 Å². The minimum atomic E-state index is -4.66. The highest BCUT2D eigenvalue weighted by molar-refractivity contribution is 6.32. The Kier molecular flexibility index (Phi) is 3.45. The second-order valence-electron chi connectivity index (χ2n) is 3.63. The van der Waals surface area contributed by atoms with Gasteiger partial charge in [0.05, 0.1) is 5.02 Å². The van der Waals surface area contributed by atoms with Crippen LogP contribution in [0.15, 0.2) is 12.1 Å². The van der Waals surface area contributed by atoms with Gasteiger partial charge < -0.3 is 19.9 Å². The van der Waals surface area contributed by atoms with Crippen LogP contribution >= 0.6 is 11.6 Å². The van der Waals surface area contributed by atoms with Gasteiger partial charge in [0.2, 0.25) is 6.79 Å². The summed E-state index contributed by atoms with van der Waals surface area (Å²) in [4.78, 5) is 0. The van der Waals surface area contributed by atoms with Gasteiger partial charge in [-0.1, -0.05) is 11.6 Å². The maximum atomic E-state index is 12.1. The molecule has 1 aliphatic heterocycles. The molecule has 8 heteroatoms. The number of nitrogens with one attached hydrogen (secondary N) is 1. The molecular formula is C10H9ClF3NO3. The maximum Gasteiger partial charge on any atom is 0.416 e. The summed E-state index contributed by atoms with van der Waals surface area (Å²) < 4.78 is 46.4. The zero-order valence-corrected chi connectivity index (χ0v) is 9.68. The number of aliphatic hydroxyl groups is 1. The first kappa shape index (κ1) is 13.1. The molecule has 0 bridgehead atoms. The summed E-state index contributed by atoms with van der Waals surface area (Å²) in [5, 5.41) is 11.5. The van der Waals surface area contributed by atoms with Gasteiger partial charge in [-0.3, -0.25) is 0 Å². The summed E-state index contributed by atoms with van der Waals surface area (Å²) in [6.45, 7) is -0.650. The molecule has 100 valence electrons. The van der Waals surface area contributed by atoms with Gasteiger partial charge in [0, 0.05) is 18.3 Å². The van der Waals surface area contributed by atoms with Crippen LogP contribution in [0.5, 0.6) is 11.5 Å². The number of halogens is 4. The first-order chi connectivity index (χ1) is 8.38. The van der Waals surface area contributed by atoms with Gasteiger partial charge in [0.1, 0.15) is 0 Å². The minimum Gasteiger partial charge on any atom is -0.453 e. The number of alkyl halides is 3. The summed E-state index contributed by atoms with van der Waals surface area (Å²) in [6, 6.07) is 2.86. The van der Waals surface area contributed by atoms with Crippen molar-refractivity contribution in [1.29, 1.82) is 0 Å². The van der Waals surface area contributed by atoms with Crippen molar-refractivity contribution in [3.63, 3.8) is 0 Å². The van der Waals surface area contributed by atoms with Crippen molar-refractivity contribution in [2.24, 2.45) is 0 Å². The Bertz CT molecular complexity index is 453. The predicted molar refractivity (Wildman–Crippen MR) is 58.1 cm³/mol. The third-order valence-corrected chi connectivity index (χ3v) is 2.59. The maximum absolute atomic E-state index is 12.1. The lowest BCUT2D eigenvalue weighted by atomic mass is 10.2. The zero-order chi connectivity index (χ0) is 13.3. The highest BCUT2D eigenvalue weighted by Gasteiger charge is 2.37. The van der Waals surface area contributed by atoms with Crippen LogP contribution in [0.3, 0.4) is 0 Å². The third-order valence-electron chi connectivity index (χ3n) is 2.30. The lowest BCUT2D eigenvalue weighted by molar-refractivity contribution is -0.198. The Morgan fingerprint density at radius 2 is 2.11 bits per heavy atom. The molecule has 0 unspecified atom stereocenters. The predicted octanol–water partition coefficient (Wildman–Crippen LogP) is 2.40. The van der Waals surface area contributed by atoms with Crippen LogP contribution in [0.2, 0.25) is 5.02 Å². The molecule has 0 saturated carbocycles. The Morgan fingerprint density at radius 1 is 1.39 bits per heavy atom. The fraction of sp³-hybridized carbons (Fsp3) is 0.400. The van der Waals surface area contributed by atoms with Crippen molar-refractivity contribution in [1.82, 2.24) is 0 Å². The molecule has 0 saturated heterocycles. The molecule has 1 heterocycles. The number of ether oxygens (including phenoxy) is 2. The topological polar surface area (TPSA) is 50.7 Å². The van der Waals surface area contributed by atoms with Crippen LogP contribution in [0.25, 0.3) is 0 Å². The van der Waals surface area contributed by atoms with Crippen LogP contribution < -0.4 is 14.8 Å². The SMILES string of the molecule is O[C@@H](CNc1cc(Cl)c2c(c1)OCO2)C(F)(F)F. The number of hydrogen-bond acceptors (Lipinski definition) is 4. The summed E-state index contributed by atoms with van der Waals surface area (Å²) in [7, 11) is 0. The average Bonchev–Trinajstić information content (AvgIpc) is 2.73. The van der Waals surface area contributed by atoms with Gasteiger partial charge in [-0.15, -0.1) is 0 Å². The fourth-order valence-corrected chi connectivity index (χ4v) is 1.66. The van der Waals surface area contributed by atoms with Crippen LogP contribution in [0, 0.1) is 0 Å². The molecule has 1 aliphatic rings. The van der Waals surface area contributed by atoms with Crippen LogP contribution in [-0.2, 0) is 0 Å². The first-order valence-corrected chi connectivity index (χ1v) is 5.33. The normalized spacial score (nSPS) is 15.6. The zero-order valence-electron chi connectivity index (χ0n) is 8.92. The van der Waals surface area contributed by atoms with Crippen LogP contribution in [0.1, 0.15) is 0 Å². The van der Waals surface area contributed by atoms with Crippen molar-refractivity contribution in [3.8, 4) is 11.5 Å². The van der Waals surface area contributed by atoms with Crippen LogP contribution in [-0.4, -0.2) is 30.7 Å². The van der Waals surface area contributed by atoms with E-state index in [0.717, 1.165) is 0 Å². The van der Waals surface area contributed by atoms with Crippen molar-refractivity contribution < 1.29 is 27.8 Å². The van der Waals surface area contributed by atoms with E-state index >= 15 is 0 Å². The minimum absolute atomic E-state index is 0.0175. The molecule has 1 aromatic rings. The third kappa shape index (κ3) is 2.73. The monoisotopic (exact) mass is 283 g/mol. The molecule has 2 N–H and O–H groups in total. The van der Waals surface area contributed by atoms with Gasteiger partial charge in [0.15, 0.2) is 17.6 Å². The highest BCUT2D eigenvalue weighted by atomic mass is 35.5. The Hall–Kier alpha value is -1.34. The van der Waals surface area contributed by atoms with E-state index < -0.39 is 18.8 Å². The van der Waals surface area contributed by atoms with E-state index in [1.54, 1.807) is 0 Å². The number of anilines is 1. The first-order valence-electron chi connectivity index (χ1n) is 4.95. The Labute approximate surface area is 105 Å². The van der Waals surface area contributed by atoms with E-state index in [-0.39, 0.29) is 11.8 Å². The summed E-state index contributed by atoms with van der Waals surface area (Å²) in [6.07, 6.45) is -7.10. The van der Waals surface area contributed by atoms with Crippen LogP contribution in [0.4, 0.5) is 18.9 Å². The van der Waals surface area contributed by atoms with Crippen molar-refractivity contribution in [3.05, 3.63) is 17.2 Å². The number of rotatable bonds is 3. The number of benzene rings is 1. The smallest absolute Gasteiger partial charge is 0.416 e. The number of hydrogen-bond donors (Lipinski definition) is 2. The molecule has 1 aromatic carbocycles. The van der Waals surface area contributed by atoms with Gasteiger partial charge in [-0.2, -0.15) is 13.2 Å². The molecular weight excluding hydrogens is 275 g/mol. The van der Waals surface area contributed by atoms with E-state index in [2.05, 4.69) is 5.32 Å². The number of aliphatic hydroxyl groups excluding tert-OH is 1. The van der Waals surface area contributed by atoms with Crippen molar-refractivity contribution in [2.45, 2.75) is 12.3 Å². The lowest BCUT2D eigenvalue weighted by Gasteiger charge is -2.16. The molecule has 0 aromatic heterocycles. The van der Waals surface area contributed by atoms with E-state index in [1.807, 2.05) is 0 Å². The van der Waals surface area contributed by atoms with Gasteiger partial charge in [0.25, 0.3) is 0 Å². The molecule has 2 rings (SSSR count). The second-order valence-corrected chi connectivity index (χ2v) is 4.04. The van der Waals surface area contributed by atoms with Gasteiger partial charge >= 0.3 is 6.18 Å². The lowest BCUT2D eigenvalue weighted by Crippen LogP contribution is -2.34. The molecule has 4 nitrogen and oxygen atoms in total. The van der Waals surface area contributed by atoms with E-state index in [1.165, 1.54) is 12.1 Å². The van der Waals surface area contributed by atoms with Crippen molar-refractivity contribution in [2.75, 3.05) is 18.7 Å². The average molecular weight is 284 g/mol. The largest absolute Gasteiger partial charge is 0.453 e. The molecule has 1 atom stereocenters. The molecule has 0 amide bonds. The number of fused-ring (bicyclic) bond motifs is 1. The molecule has 18 heavy (non-hydrogen) atoms. The van der Waals surface area contributed by atoms with Gasteiger partial charge in [-0.05, 0) is 6.07 Å². The summed E-state index contributed by atoms with van der Waals surface area (Å²) in [5.41, 5.74) is 0.313.